The van der Waals surface area contributed by atoms with Crippen molar-refractivity contribution in [2.75, 3.05) is 40.3 Å². The van der Waals surface area contributed by atoms with Crippen LogP contribution in [0.15, 0.2) is 24.3 Å². The predicted octanol–water partition coefficient (Wildman–Crippen LogP) is 0.552. The van der Waals surface area contributed by atoms with Gasteiger partial charge in [-0.25, -0.2) is 0 Å². The van der Waals surface area contributed by atoms with Gasteiger partial charge in [-0.2, -0.15) is 0 Å². The average molecular weight is 395 g/mol. The molecule has 2 amide bonds. The van der Waals surface area contributed by atoms with Gasteiger partial charge in [-0.1, -0.05) is 12.1 Å². The van der Waals surface area contributed by atoms with E-state index in [2.05, 4.69) is 15.5 Å². The third kappa shape index (κ3) is 12.5. The Morgan fingerprint density at radius 1 is 1.08 bits per heavy atom. The van der Waals surface area contributed by atoms with E-state index in [0.29, 0.717) is 13.2 Å². The van der Waals surface area contributed by atoms with Crippen LogP contribution < -0.4 is 21.1 Å². The smallest absolute Gasteiger partial charge is 0.239 e. The first kappa shape index (κ1) is 25.7. The summed E-state index contributed by atoms with van der Waals surface area (Å²) in [5.74, 6) is 0.209. The van der Waals surface area contributed by atoms with Crippen LogP contribution in [0.1, 0.15) is 12.0 Å². The average Bonchev–Trinajstić information content (AvgIpc) is 2.55. The Morgan fingerprint density at radius 2 is 1.72 bits per heavy atom. The van der Waals surface area contributed by atoms with Crippen molar-refractivity contribution < 1.29 is 14.3 Å². The van der Waals surface area contributed by atoms with Gasteiger partial charge in [0.25, 0.3) is 0 Å². The molecule has 0 unspecified atom stereocenters. The van der Waals surface area contributed by atoms with Crippen LogP contribution in [-0.4, -0.2) is 57.1 Å². The molecule has 0 aliphatic carbocycles. The van der Waals surface area contributed by atoms with Crippen molar-refractivity contribution in [1.82, 2.24) is 15.5 Å². The van der Waals surface area contributed by atoms with Crippen molar-refractivity contribution in [2.45, 2.75) is 13.0 Å². The highest BCUT2D eigenvalue weighted by Crippen LogP contribution is 2.12. The molecule has 1 aromatic carbocycles. The molecule has 9 heteroatoms. The van der Waals surface area contributed by atoms with Gasteiger partial charge in [0, 0.05) is 13.1 Å². The number of halogens is 2. The van der Waals surface area contributed by atoms with Gasteiger partial charge in [-0.05, 0) is 38.2 Å². The largest absolute Gasteiger partial charge is 0.494 e. The Kier molecular flexibility index (Phi) is 15.2. The number of carbonyl (C=O) groups excluding carboxylic acids is 2. The summed E-state index contributed by atoms with van der Waals surface area (Å²) in [6, 6.07) is 7.57. The molecule has 0 spiro atoms. The number of hydrogen-bond donors (Lipinski definition) is 3. The summed E-state index contributed by atoms with van der Waals surface area (Å²) in [4.78, 5) is 24.6. The maximum absolute atomic E-state index is 11.5. The summed E-state index contributed by atoms with van der Waals surface area (Å²) >= 11 is 0. The zero-order valence-electron chi connectivity index (χ0n) is 14.6. The zero-order chi connectivity index (χ0) is 17.1. The Bertz CT molecular complexity index is 499. The van der Waals surface area contributed by atoms with Gasteiger partial charge in [0.05, 0.1) is 19.7 Å². The molecule has 0 aromatic heterocycles. The lowest BCUT2D eigenvalue weighted by Gasteiger charge is -2.11. The fourth-order valence-electron chi connectivity index (χ4n) is 1.79. The van der Waals surface area contributed by atoms with Gasteiger partial charge < -0.3 is 26.0 Å². The molecule has 0 bridgehead atoms. The maximum Gasteiger partial charge on any atom is 0.239 e. The lowest BCUT2D eigenvalue weighted by Crippen LogP contribution is -2.39. The van der Waals surface area contributed by atoms with Crippen molar-refractivity contribution in [3.8, 4) is 5.75 Å². The summed E-state index contributed by atoms with van der Waals surface area (Å²) in [6.07, 6.45) is 0.972. The molecule has 144 valence electrons. The normalized spacial score (nSPS) is 9.60. The number of nitrogens with one attached hydrogen (secondary N) is 2. The first-order valence-electron chi connectivity index (χ1n) is 7.61. The summed E-state index contributed by atoms with van der Waals surface area (Å²) in [6.45, 7) is 1.88. The second-order valence-corrected chi connectivity index (χ2v) is 5.41. The SMILES string of the molecule is CN(C)CCCOc1ccc(CNC(=O)CNC(=O)CN)cc1.Cl.Cl. The van der Waals surface area contributed by atoms with E-state index < -0.39 is 0 Å². The van der Waals surface area contributed by atoms with Gasteiger partial charge in [0.2, 0.25) is 11.8 Å². The number of hydrogen-bond acceptors (Lipinski definition) is 5. The van der Waals surface area contributed by atoms with Gasteiger partial charge >= 0.3 is 0 Å². The van der Waals surface area contributed by atoms with Crippen molar-refractivity contribution in [3.05, 3.63) is 29.8 Å². The molecule has 0 saturated carbocycles. The molecule has 1 rings (SSSR count). The maximum atomic E-state index is 11.5. The van der Waals surface area contributed by atoms with E-state index in [-0.39, 0.29) is 49.7 Å². The summed E-state index contributed by atoms with van der Waals surface area (Å²) in [5, 5.41) is 5.14. The Balaban J connectivity index is 0. The third-order valence-electron chi connectivity index (χ3n) is 3.06. The van der Waals surface area contributed by atoms with Gasteiger partial charge in [-0.3, -0.25) is 9.59 Å². The molecular formula is C16H28Cl2N4O3. The molecule has 7 nitrogen and oxygen atoms in total. The lowest BCUT2D eigenvalue weighted by atomic mass is 10.2. The number of rotatable bonds is 10. The lowest BCUT2D eigenvalue weighted by molar-refractivity contribution is -0.125. The molecule has 0 radical (unpaired) electrons. The minimum atomic E-state index is -0.351. The minimum absolute atomic E-state index is 0. The number of ether oxygens (including phenoxy) is 1. The minimum Gasteiger partial charge on any atom is -0.494 e. The molecule has 0 atom stereocenters. The zero-order valence-corrected chi connectivity index (χ0v) is 16.3. The van der Waals surface area contributed by atoms with Crippen LogP contribution in [0, 0.1) is 0 Å². The van der Waals surface area contributed by atoms with Crippen LogP contribution >= 0.6 is 24.8 Å². The van der Waals surface area contributed by atoms with Crippen LogP contribution in [0.3, 0.4) is 0 Å². The van der Waals surface area contributed by atoms with E-state index in [1.165, 1.54) is 0 Å². The highest BCUT2D eigenvalue weighted by atomic mass is 35.5. The molecule has 4 N–H and O–H groups in total. The van der Waals surface area contributed by atoms with E-state index in [0.717, 1.165) is 24.3 Å². The van der Waals surface area contributed by atoms with Crippen LogP contribution in [0.25, 0.3) is 0 Å². The van der Waals surface area contributed by atoms with Crippen LogP contribution in [0.4, 0.5) is 0 Å². The Hall–Kier alpha value is -1.54. The highest BCUT2D eigenvalue weighted by molar-refractivity contribution is 5.86. The van der Waals surface area contributed by atoms with Gasteiger partial charge in [0.1, 0.15) is 5.75 Å². The number of nitrogens with two attached hydrogens (primary N) is 1. The fourth-order valence-corrected chi connectivity index (χ4v) is 1.79. The van der Waals surface area contributed by atoms with E-state index in [1.807, 2.05) is 38.4 Å². The van der Waals surface area contributed by atoms with Crippen molar-refractivity contribution >= 4 is 36.6 Å². The van der Waals surface area contributed by atoms with Crippen molar-refractivity contribution in [2.24, 2.45) is 5.73 Å². The highest BCUT2D eigenvalue weighted by Gasteiger charge is 2.04. The van der Waals surface area contributed by atoms with E-state index in [1.54, 1.807) is 0 Å². The van der Waals surface area contributed by atoms with E-state index >= 15 is 0 Å². The fraction of sp³-hybridized carbons (Fsp3) is 0.500. The molecule has 0 saturated heterocycles. The number of carbonyl (C=O) groups is 2. The second-order valence-electron chi connectivity index (χ2n) is 5.41. The standard InChI is InChI=1S/C16H26N4O3.2ClH/c1-20(2)8-3-9-23-14-6-4-13(5-7-14)11-18-16(22)12-19-15(21)10-17;;/h4-7H,3,8-12,17H2,1-2H3,(H,18,22)(H,19,21);2*1H. The van der Waals surface area contributed by atoms with Gasteiger partial charge in [0.15, 0.2) is 0 Å². The van der Waals surface area contributed by atoms with E-state index in [9.17, 15) is 9.59 Å². The van der Waals surface area contributed by atoms with Gasteiger partial charge in [-0.15, -0.1) is 24.8 Å². The molecule has 0 heterocycles. The summed E-state index contributed by atoms with van der Waals surface area (Å²) in [5.41, 5.74) is 6.10. The molecule has 0 fully saturated rings. The first-order chi connectivity index (χ1) is 11.0. The number of benzene rings is 1. The summed E-state index contributed by atoms with van der Waals surface area (Å²) < 4.78 is 5.64. The quantitative estimate of drug-likeness (QED) is 0.503. The van der Waals surface area contributed by atoms with Crippen LogP contribution in [0.5, 0.6) is 5.75 Å². The molecule has 0 aliphatic rings. The van der Waals surface area contributed by atoms with Crippen LogP contribution in [0.2, 0.25) is 0 Å². The third-order valence-corrected chi connectivity index (χ3v) is 3.06. The predicted molar refractivity (Wildman–Crippen MR) is 104 cm³/mol. The Morgan fingerprint density at radius 3 is 2.28 bits per heavy atom. The molecular weight excluding hydrogens is 367 g/mol. The second kappa shape index (κ2) is 14.8. The summed E-state index contributed by atoms with van der Waals surface area (Å²) in [7, 11) is 4.06. The molecule has 25 heavy (non-hydrogen) atoms. The molecule has 1 aromatic rings. The molecule has 0 aliphatic heterocycles. The number of nitrogens with zero attached hydrogens (tertiary/aromatic N) is 1. The first-order valence-corrected chi connectivity index (χ1v) is 7.61. The monoisotopic (exact) mass is 394 g/mol. The van der Waals surface area contributed by atoms with E-state index in [4.69, 9.17) is 10.5 Å². The number of amides is 2. The van der Waals surface area contributed by atoms with Crippen LogP contribution in [-0.2, 0) is 16.1 Å². The Labute approximate surface area is 161 Å². The van der Waals surface area contributed by atoms with Crippen molar-refractivity contribution in [3.63, 3.8) is 0 Å². The topological polar surface area (TPSA) is 96.7 Å². The van der Waals surface area contributed by atoms with Crippen molar-refractivity contribution in [1.29, 1.82) is 0 Å².